The first kappa shape index (κ1) is 16.7. The highest BCUT2D eigenvalue weighted by molar-refractivity contribution is 6.12. The highest BCUT2D eigenvalue weighted by Gasteiger charge is 2.26. The van der Waals surface area contributed by atoms with Crippen molar-refractivity contribution in [2.75, 3.05) is 12.8 Å². The van der Waals surface area contributed by atoms with E-state index in [0.717, 1.165) is 0 Å². The lowest BCUT2D eigenvalue weighted by molar-refractivity contribution is 0.103. The Bertz CT molecular complexity index is 743. The van der Waals surface area contributed by atoms with Crippen LogP contribution in [-0.4, -0.2) is 23.1 Å². The molecule has 0 aliphatic rings. The van der Waals surface area contributed by atoms with Crippen LogP contribution in [0.25, 0.3) is 0 Å². The van der Waals surface area contributed by atoms with Gasteiger partial charge in [-0.05, 0) is 35.7 Å². The fourth-order valence-electron chi connectivity index (χ4n) is 2.33. The van der Waals surface area contributed by atoms with Gasteiger partial charge in [-0.1, -0.05) is 20.8 Å². The summed E-state index contributed by atoms with van der Waals surface area (Å²) in [5.41, 5.74) is 6.12. The molecule has 2 aromatic carbocycles. The van der Waals surface area contributed by atoms with E-state index in [-0.39, 0.29) is 22.8 Å². The Morgan fingerprint density at radius 1 is 1.09 bits per heavy atom. The molecule has 0 bridgehead atoms. The van der Waals surface area contributed by atoms with Crippen LogP contribution in [0.2, 0.25) is 0 Å². The Balaban J connectivity index is 2.57. The lowest BCUT2D eigenvalue weighted by atomic mass is 9.83. The van der Waals surface area contributed by atoms with Crippen molar-refractivity contribution >= 4 is 11.5 Å². The third kappa shape index (κ3) is 3.08. The molecule has 0 radical (unpaired) electrons. The minimum atomic E-state index is -0.430. The number of phenolic OH excluding ortho intramolecular Hbond substituents is 2. The van der Waals surface area contributed by atoms with Gasteiger partial charge in [0.05, 0.1) is 12.7 Å². The number of nitrogens with two attached hydrogens (primary N) is 1. The van der Waals surface area contributed by atoms with Crippen LogP contribution < -0.4 is 10.5 Å². The van der Waals surface area contributed by atoms with Crippen LogP contribution in [0.15, 0.2) is 30.3 Å². The molecule has 0 heterocycles. The summed E-state index contributed by atoms with van der Waals surface area (Å²) in [6, 6.07) is 8.05. The number of hydrogen-bond donors (Lipinski definition) is 3. The van der Waals surface area contributed by atoms with E-state index in [4.69, 9.17) is 10.5 Å². The minimum Gasteiger partial charge on any atom is -0.505 e. The van der Waals surface area contributed by atoms with Gasteiger partial charge < -0.3 is 20.7 Å². The largest absolute Gasteiger partial charge is 0.505 e. The van der Waals surface area contributed by atoms with Gasteiger partial charge in [-0.15, -0.1) is 0 Å². The van der Waals surface area contributed by atoms with Crippen molar-refractivity contribution in [2.45, 2.75) is 26.2 Å². The summed E-state index contributed by atoms with van der Waals surface area (Å²) >= 11 is 0. The summed E-state index contributed by atoms with van der Waals surface area (Å²) in [6.07, 6.45) is 0. The van der Waals surface area contributed by atoms with E-state index in [9.17, 15) is 15.0 Å². The SMILES string of the molecule is COc1ccc(C(=O)c2cc(C(C)(C)C)c(O)c(N)c2O)cc1. The van der Waals surface area contributed by atoms with Crippen molar-refractivity contribution in [2.24, 2.45) is 0 Å². The van der Waals surface area contributed by atoms with Crippen molar-refractivity contribution in [3.63, 3.8) is 0 Å². The predicted molar refractivity (Wildman–Crippen MR) is 89.3 cm³/mol. The van der Waals surface area contributed by atoms with E-state index in [0.29, 0.717) is 16.9 Å². The van der Waals surface area contributed by atoms with Crippen LogP contribution in [0.1, 0.15) is 42.3 Å². The molecule has 5 nitrogen and oxygen atoms in total. The fourth-order valence-corrected chi connectivity index (χ4v) is 2.33. The predicted octanol–water partition coefficient (Wildman–Crippen LogP) is 3.22. The van der Waals surface area contributed by atoms with E-state index in [1.807, 2.05) is 20.8 Å². The Morgan fingerprint density at radius 3 is 2.13 bits per heavy atom. The first-order chi connectivity index (χ1) is 10.7. The summed E-state index contributed by atoms with van der Waals surface area (Å²) in [5, 5.41) is 20.3. The van der Waals surface area contributed by atoms with Crippen molar-refractivity contribution in [3.05, 3.63) is 47.0 Å². The second-order valence-electron chi connectivity index (χ2n) is 6.39. The molecule has 0 aliphatic carbocycles. The number of carbonyl (C=O) groups is 1. The fraction of sp³-hybridized carbons (Fsp3) is 0.278. The molecule has 0 aromatic heterocycles. The minimum absolute atomic E-state index is 0.0652. The molecule has 0 amide bonds. The molecule has 2 rings (SSSR count). The molecule has 4 N–H and O–H groups in total. The average molecular weight is 315 g/mol. The number of hydrogen-bond acceptors (Lipinski definition) is 5. The molecule has 0 spiro atoms. The Kier molecular flexibility index (Phi) is 4.23. The normalized spacial score (nSPS) is 11.3. The van der Waals surface area contributed by atoms with E-state index in [1.54, 1.807) is 31.4 Å². The van der Waals surface area contributed by atoms with Crippen molar-refractivity contribution in [1.82, 2.24) is 0 Å². The van der Waals surface area contributed by atoms with Crippen molar-refractivity contribution < 1.29 is 19.7 Å². The van der Waals surface area contributed by atoms with Gasteiger partial charge in [0.25, 0.3) is 0 Å². The van der Waals surface area contributed by atoms with Gasteiger partial charge in [-0.2, -0.15) is 0 Å². The van der Waals surface area contributed by atoms with E-state index in [1.165, 1.54) is 6.07 Å². The molecule has 0 aliphatic heterocycles. The first-order valence-electron chi connectivity index (χ1n) is 7.20. The van der Waals surface area contributed by atoms with Gasteiger partial charge in [0.2, 0.25) is 0 Å². The van der Waals surface area contributed by atoms with Crippen molar-refractivity contribution in [3.8, 4) is 17.2 Å². The zero-order valence-electron chi connectivity index (χ0n) is 13.7. The maximum absolute atomic E-state index is 12.7. The summed E-state index contributed by atoms with van der Waals surface area (Å²) in [4.78, 5) is 12.7. The highest BCUT2D eigenvalue weighted by atomic mass is 16.5. The zero-order chi connectivity index (χ0) is 17.4. The van der Waals surface area contributed by atoms with Gasteiger partial charge in [0.15, 0.2) is 11.5 Å². The summed E-state index contributed by atoms with van der Waals surface area (Å²) < 4.78 is 5.06. The molecule has 5 heteroatoms. The number of anilines is 1. The first-order valence-corrected chi connectivity index (χ1v) is 7.20. The smallest absolute Gasteiger partial charge is 0.196 e. The lowest BCUT2D eigenvalue weighted by Gasteiger charge is -2.23. The van der Waals surface area contributed by atoms with Crippen LogP contribution in [-0.2, 0) is 5.41 Å². The highest BCUT2D eigenvalue weighted by Crippen LogP contribution is 2.42. The van der Waals surface area contributed by atoms with Gasteiger partial charge >= 0.3 is 0 Å². The summed E-state index contributed by atoms with van der Waals surface area (Å²) in [6.45, 7) is 5.67. The molecule has 2 aromatic rings. The number of aromatic hydroxyl groups is 2. The van der Waals surface area contributed by atoms with Crippen LogP contribution in [0.4, 0.5) is 5.69 Å². The second kappa shape index (κ2) is 5.83. The third-order valence-electron chi connectivity index (χ3n) is 3.71. The maximum atomic E-state index is 12.7. The van der Waals surface area contributed by atoms with Crippen LogP contribution in [0, 0.1) is 0 Å². The average Bonchev–Trinajstić information content (AvgIpc) is 2.51. The van der Waals surface area contributed by atoms with Gasteiger partial charge in [-0.25, -0.2) is 0 Å². The monoisotopic (exact) mass is 315 g/mol. The maximum Gasteiger partial charge on any atom is 0.196 e. The molecule has 0 fully saturated rings. The number of ether oxygens (including phenoxy) is 1. The number of benzene rings is 2. The number of phenols is 2. The summed E-state index contributed by atoms with van der Waals surface area (Å²) in [7, 11) is 1.54. The van der Waals surface area contributed by atoms with Crippen LogP contribution >= 0.6 is 0 Å². The Hall–Kier alpha value is -2.69. The number of carbonyl (C=O) groups excluding carboxylic acids is 1. The van der Waals surface area contributed by atoms with Crippen LogP contribution in [0.3, 0.4) is 0 Å². The van der Waals surface area contributed by atoms with E-state index < -0.39 is 11.2 Å². The third-order valence-corrected chi connectivity index (χ3v) is 3.71. The van der Waals surface area contributed by atoms with Crippen LogP contribution in [0.5, 0.6) is 17.2 Å². The van der Waals surface area contributed by atoms with Gasteiger partial charge in [-0.3, -0.25) is 4.79 Å². The second-order valence-corrected chi connectivity index (χ2v) is 6.39. The van der Waals surface area contributed by atoms with Gasteiger partial charge in [0, 0.05) is 11.1 Å². The molecule has 23 heavy (non-hydrogen) atoms. The number of rotatable bonds is 3. The number of ketones is 1. The molecular weight excluding hydrogens is 294 g/mol. The van der Waals surface area contributed by atoms with Crippen molar-refractivity contribution in [1.29, 1.82) is 0 Å². The molecule has 0 saturated heterocycles. The number of methoxy groups -OCH3 is 1. The molecule has 0 atom stereocenters. The topological polar surface area (TPSA) is 92.8 Å². The lowest BCUT2D eigenvalue weighted by Crippen LogP contribution is -2.14. The molecule has 122 valence electrons. The van der Waals surface area contributed by atoms with E-state index in [2.05, 4.69) is 0 Å². The zero-order valence-corrected chi connectivity index (χ0v) is 13.7. The molecule has 0 unspecified atom stereocenters. The quantitative estimate of drug-likeness (QED) is 0.459. The molecular formula is C18H21NO4. The molecule has 0 saturated carbocycles. The Labute approximate surface area is 135 Å². The standard InChI is InChI=1S/C18H21NO4/c1-18(2,3)13-9-12(16(21)14(19)17(13)22)15(20)10-5-7-11(23-4)8-6-10/h5-9,21-22H,19H2,1-4H3. The Morgan fingerprint density at radius 2 is 1.65 bits per heavy atom. The van der Waals surface area contributed by atoms with Gasteiger partial charge in [0.1, 0.15) is 17.2 Å². The van der Waals surface area contributed by atoms with E-state index >= 15 is 0 Å². The number of nitrogen functional groups attached to an aromatic ring is 1. The summed E-state index contributed by atoms with van der Waals surface area (Å²) in [5.74, 6) is -0.341.